The van der Waals surface area contributed by atoms with Gasteiger partial charge in [-0.1, -0.05) is 12.2 Å². The third kappa shape index (κ3) is 2.97. The molecule has 0 saturated carbocycles. The van der Waals surface area contributed by atoms with Crippen LogP contribution in [0, 0.1) is 0 Å². The van der Waals surface area contributed by atoms with Gasteiger partial charge in [0.25, 0.3) is 0 Å². The molecular formula is C12H15BrN2OS. The highest BCUT2D eigenvalue weighted by Crippen LogP contribution is 2.29. The average Bonchev–Trinajstić information content (AvgIpc) is 2.68. The fraction of sp³-hybridized carbons (Fsp3) is 0.417. The minimum atomic E-state index is 0.00720. The molecule has 1 heterocycles. The zero-order valence-corrected chi connectivity index (χ0v) is 12.0. The summed E-state index contributed by atoms with van der Waals surface area (Å²) in [6, 6.07) is 5.85. The van der Waals surface area contributed by atoms with Crippen LogP contribution in [0.5, 0.6) is 0 Å². The quantitative estimate of drug-likeness (QED) is 0.842. The Morgan fingerprint density at radius 2 is 2.35 bits per heavy atom. The largest absolute Gasteiger partial charge is 0.389 e. The molecule has 3 N–H and O–H groups in total. The van der Waals surface area contributed by atoms with Crippen LogP contribution in [-0.4, -0.2) is 23.7 Å². The van der Waals surface area contributed by atoms with Gasteiger partial charge in [-0.05, 0) is 47.5 Å². The molecule has 1 aliphatic rings. The fourth-order valence-electron chi connectivity index (χ4n) is 1.86. The summed E-state index contributed by atoms with van der Waals surface area (Å²) in [7, 11) is 0. The van der Waals surface area contributed by atoms with E-state index in [0.29, 0.717) is 4.99 Å². The molecule has 92 valence electrons. The second kappa shape index (κ2) is 4.92. The minimum Gasteiger partial charge on any atom is -0.389 e. The van der Waals surface area contributed by atoms with Crippen LogP contribution in [0.15, 0.2) is 22.7 Å². The molecule has 1 atom stereocenters. The Morgan fingerprint density at radius 1 is 1.59 bits per heavy atom. The molecule has 1 unspecified atom stereocenters. The van der Waals surface area contributed by atoms with Gasteiger partial charge in [-0.25, -0.2) is 0 Å². The maximum atomic E-state index is 5.59. The average molecular weight is 315 g/mol. The molecule has 1 saturated heterocycles. The van der Waals surface area contributed by atoms with E-state index < -0.39 is 0 Å². The molecule has 5 heteroatoms. The van der Waals surface area contributed by atoms with Crippen molar-refractivity contribution in [3.8, 4) is 0 Å². The fourth-order valence-corrected chi connectivity index (χ4v) is 2.47. The van der Waals surface area contributed by atoms with Crippen LogP contribution < -0.4 is 11.1 Å². The lowest BCUT2D eigenvalue weighted by atomic mass is 10.0. The normalized spacial score (nSPS) is 23.6. The van der Waals surface area contributed by atoms with Gasteiger partial charge in [0.05, 0.1) is 12.1 Å². The predicted molar refractivity (Wildman–Crippen MR) is 77.5 cm³/mol. The van der Waals surface area contributed by atoms with Crippen molar-refractivity contribution in [1.82, 2.24) is 0 Å². The van der Waals surface area contributed by atoms with Gasteiger partial charge in [-0.15, -0.1) is 0 Å². The van der Waals surface area contributed by atoms with E-state index >= 15 is 0 Å². The summed E-state index contributed by atoms with van der Waals surface area (Å²) in [5.74, 6) is 0. The summed E-state index contributed by atoms with van der Waals surface area (Å²) in [6.45, 7) is 3.70. The topological polar surface area (TPSA) is 47.3 Å². The Labute approximate surface area is 115 Å². The van der Waals surface area contributed by atoms with Gasteiger partial charge in [0.1, 0.15) is 4.99 Å². The summed E-state index contributed by atoms with van der Waals surface area (Å²) in [6.07, 6.45) is 1.01. The van der Waals surface area contributed by atoms with Crippen LogP contribution in [-0.2, 0) is 4.74 Å². The molecule has 2 rings (SSSR count). The third-order valence-electron chi connectivity index (χ3n) is 2.91. The summed E-state index contributed by atoms with van der Waals surface area (Å²) < 4.78 is 6.38. The SMILES string of the molecule is CC1(Nc2ccc(C(N)=S)cc2Br)CCOC1. The van der Waals surface area contributed by atoms with Gasteiger partial charge in [0.2, 0.25) is 0 Å². The van der Waals surface area contributed by atoms with Crippen molar-refractivity contribution in [1.29, 1.82) is 0 Å². The van der Waals surface area contributed by atoms with Crippen LogP contribution >= 0.6 is 28.1 Å². The highest BCUT2D eigenvalue weighted by atomic mass is 79.9. The van der Waals surface area contributed by atoms with Crippen LogP contribution in [0.1, 0.15) is 18.9 Å². The molecule has 1 aromatic rings. The molecule has 3 nitrogen and oxygen atoms in total. The Hall–Kier alpha value is -0.650. The zero-order chi connectivity index (χ0) is 12.5. The van der Waals surface area contributed by atoms with Crippen molar-refractivity contribution in [3.63, 3.8) is 0 Å². The van der Waals surface area contributed by atoms with Crippen molar-refractivity contribution in [2.45, 2.75) is 18.9 Å². The van der Waals surface area contributed by atoms with Crippen LogP contribution in [0.4, 0.5) is 5.69 Å². The first-order valence-electron chi connectivity index (χ1n) is 5.45. The maximum absolute atomic E-state index is 5.59. The van der Waals surface area contributed by atoms with E-state index in [2.05, 4.69) is 28.2 Å². The number of ether oxygens (including phenoxy) is 1. The number of nitrogens with two attached hydrogens (primary N) is 1. The van der Waals surface area contributed by atoms with Crippen molar-refractivity contribution in [2.75, 3.05) is 18.5 Å². The van der Waals surface area contributed by atoms with Gasteiger partial charge in [-0.3, -0.25) is 0 Å². The van der Waals surface area contributed by atoms with Gasteiger partial charge < -0.3 is 15.8 Å². The first-order chi connectivity index (χ1) is 8.00. The van der Waals surface area contributed by atoms with Crippen molar-refractivity contribution in [3.05, 3.63) is 28.2 Å². The number of nitrogens with one attached hydrogen (secondary N) is 1. The molecule has 0 bridgehead atoms. The summed E-state index contributed by atoms with van der Waals surface area (Å²) in [5.41, 5.74) is 7.51. The molecule has 0 amide bonds. The smallest absolute Gasteiger partial charge is 0.104 e. The summed E-state index contributed by atoms with van der Waals surface area (Å²) >= 11 is 8.48. The predicted octanol–water partition coefficient (Wildman–Crippen LogP) is 2.67. The monoisotopic (exact) mass is 314 g/mol. The van der Waals surface area contributed by atoms with E-state index in [4.69, 9.17) is 22.7 Å². The van der Waals surface area contributed by atoms with Crippen molar-refractivity contribution < 1.29 is 4.74 Å². The Balaban J connectivity index is 2.19. The number of rotatable bonds is 3. The lowest BCUT2D eigenvalue weighted by Crippen LogP contribution is -2.35. The second-order valence-corrected chi connectivity index (χ2v) is 5.84. The lowest BCUT2D eigenvalue weighted by molar-refractivity contribution is 0.185. The number of benzene rings is 1. The van der Waals surface area contributed by atoms with Gasteiger partial charge >= 0.3 is 0 Å². The van der Waals surface area contributed by atoms with E-state index in [-0.39, 0.29) is 5.54 Å². The standard InChI is InChI=1S/C12H15BrN2OS/c1-12(4-5-16-7-12)15-10-3-2-8(11(14)17)6-9(10)13/h2-3,6,15H,4-5,7H2,1H3,(H2,14,17). The highest BCUT2D eigenvalue weighted by Gasteiger charge is 2.29. The lowest BCUT2D eigenvalue weighted by Gasteiger charge is -2.25. The van der Waals surface area contributed by atoms with E-state index in [1.165, 1.54) is 0 Å². The summed E-state index contributed by atoms with van der Waals surface area (Å²) in [4.78, 5) is 0.410. The Bertz CT molecular complexity index is 444. The van der Waals surface area contributed by atoms with Crippen LogP contribution in [0.25, 0.3) is 0 Å². The summed E-state index contributed by atoms with van der Waals surface area (Å²) in [5, 5.41) is 3.50. The van der Waals surface area contributed by atoms with Crippen molar-refractivity contribution >= 4 is 38.8 Å². The molecule has 17 heavy (non-hydrogen) atoms. The highest BCUT2D eigenvalue weighted by molar-refractivity contribution is 9.10. The molecule has 0 aromatic heterocycles. The first kappa shape index (κ1) is 12.8. The van der Waals surface area contributed by atoms with Crippen LogP contribution in [0.3, 0.4) is 0 Å². The Morgan fingerprint density at radius 3 is 2.88 bits per heavy atom. The molecule has 0 radical (unpaired) electrons. The number of anilines is 1. The molecule has 1 aromatic carbocycles. The van der Waals surface area contributed by atoms with Gasteiger partial charge in [0.15, 0.2) is 0 Å². The number of halogens is 1. The molecule has 1 fully saturated rings. The van der Waals surface area contributed by atoms with E-state index in [1.54, 1.807) is 0 Å². The number of thiocarbonyl (C=S) groups is 1. The van der Waals surface area contributed by atoms with Crippen LogP contribution in [0.2, 0.25) is 0 Å². The van der Waals surface area contributed by atoms with Crippen molar-refractivity contribution in [2.24, 2.45) is 5.73 Å². The van der Waals surface area contributed by atoms with E-state index in [1.807, 2.05) is 18.2 Å². The van der Waals surface area contributed by atoms with Gasteiger partial charge in [-0.2, -0.15) is 0 Å². The second-order valence-electron chi connectivity index (χ2n) is 4.55. The van der Waals surface area contributed by atoms with Gasteiger partial charge in [0, 0.05) is 22.3 Å². The zero-order valence-electron chi connectivity index (χ0n) is 9.63. The maximum Gasteiger partial charge on any atom is 0.104 e. The molecule has 0 aliphatic carbocycles. The minimum absolute atomic E-state index is 0.00720. The molecule has 1 aliphatic heterocycles. The molecular weight excluding hydrogens is 300 g/mol. The number of hydrogen-bond acceptors (Lipinski definition) is 3. The van der Waals surface area contributed by atoms with E-state index in [9.17, 15) is 0 Å². The first-order valence-corrected chi connectivity index (χ1v) is 6.66. The number of hydrogen-bond donors (Lipinski definition) is 2. The Kier molecular flexibility index (Phi) is 3.70. The van der Waals surface area contributed by atoms with E-state index in [0.717, 1.165) is 35.4 Å². The third-order valence-corrected chi connectivity index (χ3v) is 3.80. The molecule has 0 spiro atoms.